The molecule has 1 aromatic heterocycles. The molecule has 6 nitrogen and oxygen atoms in total. The lowest BCUT2D eigenvalue weighted by atomic mass is 9.90. The molecule has 1 aliphatic rings. The van der Waals surface area contributed by atoms with Crippen molar-refractivity contribution in [3.8, 4) is 0 Å². The maximum absolute atomic E-state index is 12.5. The monoisotopic (exact) mass is 317 g/mol. The Morgan fingerprint density at radius 1 is 1.30 bits per heavy atom. The zero-order valence-electron chi connectivity index (χ0n) is 13.8. The summed E-state index contributed by atoms with van der Waals surface area (Å²) in [4.78, 5) is 17.0. The van der Waals surface area contributed by atoms with Gasteiger partial charge in [0.25, 0.3) is 0 Å². The molecular weight excluding hydrogens is 294 g/mol. The number of carbonyl (C=O) groups excluding carboxylic acids is 1. The predicted molar refractivity (Wildman–Crippen MR) is 88.3 cm³/mol. The van der Waals surface area contributed by atoms with Crippen LogP contribution in [-0.2, 0) is 14.9 Å². The van der Waals surface area contributed by atoms with Crippen molar-refractivity contribution in [3.05, 3.63) is 24.1 Å². The van der Waals surface area contributed by atoms with Gasteiger partial charge in [0.15, 0.2) is 5.58 Å². The van der Waals surface area contributed by atoms with E-state index in [-0.39, 0.29) is 11.3 Å². The number of carbonyl (C=O) groups is 1. The number of hydrogen-bond donors (Lipinski definition) is 2. The molecule has 1 fully saturated rings. The largest absolute Gasteiger partial charge is 0.440 e. The Kier molecular flexibility index (Phi) is 3.90. The normalized spacial score (nSPS) is 18.1. The van der Waals surface area contributed by atoms with Crippen LogP contribution in [0.5, 0.6) is 0 Å². The van der Waals surface area contributed by atoms with Crippen LogP contribution in [-0.4, -0.2) is 29.6 Å². The van der Waals surface area contributed by atoms with Gasteiger partial charge in [0.1, 0.15) is 11.1 Å². The van der Waals surface area contributed by atoms with E-state index >= 15 is 0 Å². The number of benzene rings is 1. The number of ether oxygens (including phenoxy) is 1. The molecule has 1 amide bonds. The van der Waals surface area contributed by atoms with Crippen LogP contribution in [0.1, 0.15) is 39.5 Å². The van der Waals surface area contributed by atoms with Crippen molar-refractivity contribution in [2.45, 2.75) is 44.6 Å². The summed E-state index contributed by atoms with van der Waals surface area (Å²) in [6.45, 7) is 7.17. The topological polar surface area (TPSA) is 90.4 Å². The molecule has 2 heterocycles. The first kappa shape index (κ1) is 16.0. The van der Waals surface area contributed by atoms with Gasteiger partial charge < -0.3 is 20.2 Å². The zero-order chi connectivity index (χ0) is 16.7. The van der Waals surface area contributed by atoms with Crippen molar-refractivity contribution in [2.24, 2.45) is 5.73 Å². The minimum absolute atomic E-state index is 0.161. The Morgan fingerprint density at radius 3 is 2.65 bits per heavy atom. The molecule has 1 aliphatic heterocycles. The van der Waals surface area contributed by atoms with E-state index in [4.69, 9.17) is 14.9 Å². The number of rotatable bonds is 2. The summed E-state index contributed by atoms with van der Waals surface area (Å²) in [6.07, 6.45) is 1.05. The third kappa shape index (κ3) is 3.23. The molecule has 23 heavy (non-hydrogen) atoms. The Morgan fingerprint density at radius 2 is 2.00 bits per heavy atom. The molecule has 0 atom stereocenters. The summed E-state index contributed by atoms with van der Waals surface area (Å²) in [5, 5.41) is 2.89. The van der Waals surface area contributed by atoms with E-state index in [0.29, 0.717) is 43.2 Å². The third-order valence-corrected chi connectivity index (χ3v) is 4.12. The molecule has 0 saturated carbocycles. The van der Waals surface area contributed by atoms with Gasteiger partial charge in [-0.2, -0.15) is 0 Å². The van der Waals surface area contributed by atoms with Gasteiger partial charge in [-0.3, -0.25) is 4.79 Å². The fraction of sp³-hybridized carbons (Fsp3) is 0.529. The number of aromatic nitrogens is 1. The lowest BCUT2D eigenvalue weighted by Gasteiger charge is -2.31. The van der Waals surface area contributed by atoms with Crippen LogP contribution in [0.3, 0.4) is 0 Å². The second-order valence-corrected chi connectivity index (χ2v) is 7.17. The molecular formula is C17H23N3O3. The summed E-state index contributed by atoms with van der Waals surface area (Å²) in [7, 11) is 0. The van der Waals surface area contributed by atoms with Crippen molar-refractivity contribution in [1.82, 2.24) is 4.98 Å². The van der Waals surface area contributed by atoms with E-state index in [1.54, 1.807) is 6.07 Å². The van der Waals surface area contributed by atoms with Gasteiger partial charge in [-0.25, -0.2) is 4.98 Å². The van der Waals surface area contributed by atoms with Gasteiger partial charge in [0, 0.05) is 24.3 Å². The Hall–Kier alpha value is -1.92. The Labute approximate surface area is 135 Å². The van der Waals surface area contributed by atoms with Crippen LogP contribution >= 0.6 is 0 Å². The quantitative estimate of drug-likeness (QED) is 0.888. The van der Waals surface area contributed by atoms with E-state index in [9.17, 15) is 4.79 Å². The molecule has 1 saturated heterocycles. The maximum Gasteiger partial charge on any atom is 0.244 e. The molecule has 6 heteroatoms. The summed E-state index contributed by atoms with van der Waals surface area (Å²) >= 11 is 0. The van der Waals surface area contributed by atoms with Crippen LogP contribution in [0.25, 0.3) is 11.1 Å². The minimum Gasteiger partial charge on any atom is -0.440 e. The first-order valence-corrected chi connectivity index (χ1v) is 7.87. The molecule has 1 aromatic carbocycles. The number of nitrogens with one attached hydrogen (secondary N) is 1. The molecule has 0 aliphatic carbocycles. The minimum atomic E-state index is -0.867. The Bertz CT molecular complexity index is 724. The molecule has 3 N–H and O–H groups in total. The van der Waals surface area contributed by atoms with E-state index in [2.05, 4.69) is 10.3 Å². The van der Waals surface area contributed by atoms with Crippen molar-refractivity contribution in [3.63, 3.8) is 0 Å². The number of nitrogens with zero attached hydrogens (tertiary/aromatic N) is 1. The molecule has 0 bridgehead atoms. The van der Waals surface area contributed by atoms with Crippen LogP contribution < -0.4 is 11.1 Å². The average Bonchev–Trinajstić information content (AvgIpc) is 2.91. The second kappa shape index (κ2) is 5.62. The molecule has 3 rings (SSSR count). The molecule has 0 spiro atoms. The number of hydrogen-bond acceptors (Lipinski definition) is 5. The van der Waals surface area contributed by atoms with Gasteiger partial charge in [-0.1, -0.05) is 20.8 Å². The van der Waals surface area contributed by atoms with E-state index in [1.807, 2.05) is 32.9 Å². The molecule has 0 radical (unpaired) electrons. The average molecular weight is 317 g/mol. The van der Waals surface area contributed by atoms with Gasteiger partial charge >= 0.3 is 0 Å². The SMILES string of the molecule is CC(C)(C)c1nc2cc(NC(=O)C3(N)CCOCC3)ccc2o1. The standard InChI is InChI=1S/C17H23N3O3/c1-16(2,3)15-20-12-10-11(4-5-13(12)23-15)19-14(21)17(18)6-8-22-9-7-17/h4-5,10H,6-9,18H2,1-3H3,(H,19,21). The van der Waals surface area contributed by atoms with E-state index in [0.717, 1.165) is 5.52 Å². The number of fused-ring (bicyclic) bond motifs is 1. The van der Waals surface area contributed by atoms with E-state index in [1.165, 1.54) is 0 Å². The van der Waals surface area contributed by atoms with Crippen molar-refractivity contribution in [1.29, 1.82) is 0 Å². The predicted octanol–water partition coefficient (Wildman–Crippen LogP) is 2.57. The highest BCUT2D eigenvalue weighted by molar-refractivity contribution is 5.99. The van der Waals surface area contributed by atoms with Crippen LogP contribution in [0.4, 0.5) is 5.69 Å². The van der Waals surface area contributed by atoms with Gasteiger partial charge in [-0.15, -0.1) is 0 Å². The number of amides is 1. The number of anilines is 1. The van der Waals surface area contributed by atoms with Crippen molar-refractivity contribution in [2.75, 3.05) is 18.5 Å². The van der Waals surface area contributed by atoms with Gasteiger partial charge in [0.05, 0.1) is 0 Å². The first-order valence-electron chi connectivity index (χ1n) is 7.87. The van der Waals surface area contributed by atoms with Crippen molar-refractivity contribution >= 4 is 22.7 Å². The Balaban J connectivity index is 1.82. The number of nitrogens with two attached hydrogens (primary N) is 1. The van der Waals surface area contributed by atoms with Gasteiger partial charge in [-0.05, 0) is 31.0 Å². The van der Waals surface area contributed by atoms with Crippen LogP contribution in [0, 0.1) is 0 Å². The number of oxazole rings is 1. The highest BCUT2D eigenvalue weighted by atomic mass is 16.5. The lowest BCUT2D eigenvalue weighted by molar-refractivity contribution is -0.124. The fourth-order valence-corrected chi connectivity index (χ4v) is 2.54. The van der Waals surface area contributed by atoms with Crippen molar-refractivity contribution < 1.29 is 13.9 Å². The smallest absolute Gasteiger partial charge is 0.244 e. The third-order valence-electron chi connectivity index (χ3n) is 4.12. The highest BCUT2D eigenvalue weighted by Gasteiger charge is 2.36. The summed E-state index contributed by atoms with van der Waals surface area (Å²) in [6, 6.07) is 5.44. The molecule has 124 valence electrons. The lowest BCUT2D eigenvalue weighted by Crippen LogP contribution is -2.54. The second-order valence-electron chi connectivity index (χ2n) is 7.17. The molecule has 0 unspecified atom stereocenters. The van der Waals surface area contributed by atoms with Crippen LogP contribution in [0.15, 0.2) is 22.6 Å². The molecule has 2 aromatic rings. The van der Waals surface area contributed by atoms with Crippen LogP contribution in [0.2, 0.25) is 0 Å². The fourth-order valence-electron chi connectivity index (χ4n) is 2.54. The summed E-state index contributed by atoms with van der Waals surface area (Å²) < 4.78 is 11.0. The van der Waals surface area contributed by atoms with Gasteiger partial charge in [0.2, 0.25) is 11.8 Å². The first-order chi connectivity index (χ1) is 10.8. The summed E-state index contributed by atoms with van der Waals surface area (Å²) in [5.74, 6) is 0.496. The van der Waals surface area contributed by atoms with E-state index < -0.39 is 5.54 Å². The zero-order valence-corrected chi connectivity index (χ0v) is 13.8. The highest BCUT2D eigenvalue weighted by Crippen LogP contribution is 2.28. The maximum atomic E-state index is 12.5. The summed E-state index contributed by atoms with van der Waals surface area (Å²) in [5.41, 5.74) is 7.28.